The van der Waals surface area contributed by atoms with E-state index in [-0.39, 0.29) is 12.4 Å². The largest absolute Gasteiger partial charge is 0.436 e. The van der Waals surface area contributed by atoms with E-state index < -0.39 is 6.29 Å². The third kappa shape index (κ3) is 3.58. The Morgan fingerprint density at radius 2 is 2.00 bits per heavy atom. The van der Waals surface area contributed by atoms with Crippen molar-refractivity contribution in [1.82, 2.24) is 0 Å². The molecule has 1 aromatic rings. The summed E-state index contributed by atoms with van der Waals surface area (Å²) in [5, 5.41) is 0. The quantitative estimate of drug-likeness (QED) is 0.541. The van der Waals surface area contributed by atoms with E-state index in [1.807, 2.05) is 30.3 Å². The summed E-state index contributed by atoms with van der Waals surface area (Å²) < 4.78 is 9.76. The molecule has 1 rings (SSSR count). The highest BCUT2D eigenvalue weighted by molar-refractivity contribution is 5.72. The highest BCUT2D eigenvalue weighted by Crippen LogP contribution is 2.02. The van der Waals surface area contributed by atoms with Crippen LogP contribution in [0, 0.1) is 0 Å². The molecule has 0 saturated carbocycles. The van der Waals surface area contributed by atoms with E-state index >= 15 is 0 Å². The van der Waals surface area contributed by atoms with Crippen molar-refractivity contribution in [3.63, 3.8) is 0 Å². The van der Waals surface area contributed by atoms with Gasteiger partial charge in [0.25, 0.3) is 0 Å². The maximum atomic E-state index is 11.3. The summed E-state index contributed by atoms with van der Waals surface area (Å²) in [7, 11) is 1.50. The first-order chi connectivity index (χ1) is 6.72. The highest BCUT2D eigenvalue weighted by Gasteiger charge is 2.08. The van der Waals surface area contributed by atoms with Gasteiger partial charge in [-0.15, -0.1) is 0 Å². The molecule has 0 aliphatic rings. The summed E-state index contributed by atoms with van der Waals surface area (Å²) in [6, 6.07) is 9.47. The Bertz CT molecular complexity index is 282. The predicted molar refractivity (Wildman–Crippen MR) is 52.7 cm³/mol. The lowest BCUT2D eigenvalue weighted by molar-refractivity contribution is -0.168. The van der Waals surface area contributed by atoms with Gasteiger partial charge in [0, 0.05) is 7.11 Å². The van der Waals surface area contributed by atoms with Gasteiger partial charge in [0.05, 0.1) is 6.42 Å². The molecule has 0 bridgehead atoms. The Morgan fingerprint density at radius 1 is 1.36 bits per heavy atom. The monoisotopic (exact) mass is 194 g/mol. The fraction of sp³-hybridized carbons (Fsp3) is 0.364. The predicted octanol–water partition coefficient (Wildman–Crippen LogP) is 1.76. The van der Waals surface area contributed by atoms with Gasteiger partial charge in [0.15, 0.2) is 6.29 Å². The molecule has 0 radical (unpaired) electrons. The maximum absolute atomic E-state index is 11.3. The van der Waals surface area contributed by atoms with E-state index in [1.165, 1.54) is 7.11 Å². The first-order valence-electron chi connectivity index (χ1n) is 4.48. The first kappa shape index (κ1) is 10.7. The number of methoxy groups -OCH3 is 1. The van der Waals surface area contributed by atoms with Gasteiger partial charge in [0.2, 0.25) is 0 Å². The van der Waals surface area contributed by atoms with E-state index in [2.05, 4.69) is 0 Å². The molecule has 0 saturated heterocycles. The van der Waals surface area contributed by atoms with E-state index in [0.717, 1.165) is 5.56 Å². The maximum Gasteiger partial charge on any atom is 0.312 e. The molecule has 3 nitrogen and oxygen atoms in total. The number of rotatable bonds is 4. The molecule has 0 aromatic heterocycles. The Morgan fingerprint density at radius 3 is 2.57 bits per heavy atom. The zero-order valence-electron chi connectivity index (χ0n) is 8.40. The van der Waals surface area contributed by atoms with E-state index in [4.69, 9.17) is 9.47 Å². The molecule has 1 aromatic carbocycles. The molecular formula is C11H14O3. The lowest BCUT2D eigenvalue weighted by Crippen LogP contribution is -2.17. The van der Waals surface area contributed by atoms with Gasteiger partial charge in [-0.05, 0) is 12.5 Å². The van der Waals surface area contributed by atoms with Crippen molar-refractivity contribution in [2.75, 3.05) is 7.11 Å². The van der Waals surface area contributed by atoms with Crippen LogP contribution in [0.15, 0.2) is 30.3 Å². The highest BCUT2D eigenvalue weighted by atomic mass is 16.7. The number of hydrogen-bond acceptors (Lipinski definition) is 3. The van der Waals surface area contributed by atoms with Crippen LogP contribution in [0.5, 0.6) is 0 Å². The number of hydrogen-bond donors (Lipinski definition) is 0. The number of benzene rings is 1. The molecule has 0 aliphatic heterocycles. The molecular weight excluding hydrogens is 180 g/mol. The van der Waals surface area contributed by atoms with Gasteiger partial charge in [-0.2, -0.15) is 0 Å². The van der Waals surface area contributed by atoms with Crippen LogP contribution in [-0.4, -0.2) is 19.4 Å². The molecule has 0 heterocycles. The normalized spacial score (nSPS) is 12.1. The summed E-state index contributed by atoms with van der Waals surface area (Å²) in [4.78, 5) is 11.3. The average molecular weight is 194 g/mol. The summed E-state index contributed by atoms with van der Waals surface area (Å²) in [5.74, 6) is -0.273. The van der Waals surface area contributed by atoms with E-state index in [9.17, 15) is 4.79 Å². The number of carbonyl (C=O) groups excluding carboxylic acids is 1. The molecule has 76 valence electrons. The molecule has 0 spiro atoms. The second-order valence-electron chi connectivity index (χ2n) is 2.96. The molecule has 1 unspecified atom stereocenters. The summed E-state index contributed by atoms with van der Waals surface area (Å²) >= 11 is 0. The van der Waals surface area contributed by atoms with Crippen LogP contribution in [0.3, 0.4) is 0 Å². The van der Waals surface area contributed by atoms with Crippen molar-refractivity contribution in [1.29, 1.82) is 0 Å². The minimum Gasteiger partial charge on any atom is -0.436 e. The third-order valence-corrected chi connectivity index (χ3v) is 1.82. The van der Waals surface area contributed by atoms with E-state index in [1.54, 1.807) is 6.92 Å². The summed E-state index contributed by atoms with van der Waals surface area (Å²) in [5.41, 5.74) is 0.945. The van der Waals surface area contributed by atoms with Gasteiger partial charge in [-0.25, -0.2) is 0 Å². The van der Waals surface area contributed by atoms with Crippen LogP contribution in [0.4, 0.5) is 0 Å². The molecule has 3 heteroatoms. The molecule has 1 atom stereocenters. The number of ether oxygens (including phenoxy) is 2. The Kier molecular flexibility index (Phi) is 4.13. The van der Waals surface area contributed by atoms with Crippen molar-refractivity contribution in [2.45, 2.75) is 19.6 Å². The van der Waals surface area contributed by atoms with Gasteiger partial charge in [0.1, 0.15) is 0 Å². The lowest BCUT2D eigenvalue weighted by atomic mass is 10.2. The van der Waals surface area contributed by atoms with Gasteiger partial charge >= 0.3 is 5.97 Å². The Labute approximate surface area is 83.6 Å². The van der Waals surface area contributed by atoms with Crippen LogP contribution >= 0.6 is 0 Å². The standard InChI is InChI=1S/C11H14O3/c1-9(13-2)14-11(12)8-10-6-4-3-5-7-10/h3-7,9H,8H2,1-2H3. The molecule has 0 fully saturated rings. The third-order valence-electron chi connectivity index (χ3n) is 1.82. The Hall–Kier alpha value is -1.35. The van der Waals surface area contributed by atoms with Crippen LogP contribution in [0.25, 0.3) is 0 Å². The number of carbonyl (C=O) groups is 1. The van der Waals surface area contributed by atoms with Crippen molar-refractivity contribution in [3.05, 3.63) is 35.9 Å². The fourth-order valence-corrected chi connectivity index (χ4v) is 1.04. The topological polar surface area (TPSA) is 35.5 Å². The van der Waals surface area contributed by atoms with Crippen molar-refractivity contribution < 1.29 is 14.3 Å². The fourth-order valence-electron chi connectivity index (χ4n) is 1.04. The van der Waals surface area contributed by atoms with Crippen molar-refractivity contribution in [2.24, 2.45) is 0 Å². The van der Waals surface area contributed by atoms with Crippen molar-refractivity contribution >= 4 is 5.97 Å². The molecule has 14 heavy (non-hydrogen) atoms. The smallest absolute Gasteiger partial charge is 0.312 e. The van der Waals surface area contributed by atoms with Crippen LogP contribution in [0.2, 0.25) is 0 Å². The zero-order valence-corrected chi connectivity index (χ0v) is 8.40. The minimum absolute atomic E-state index is 0.273. The second-order valence-corrected chi connectivity index (χ2v) is 2.96. The molecule has 0 amide bonds. The van der Waals surface area contributed by atoms with Crippen LogP contribution in [-0.2, 0) is 20.7 Å². The average Bonchev–Trinajstić information content (AvgIpc) is 2.19. The van der Waals surface area contributed by atoms with Gasteiger partial charge < -0.3 is 9.47 Å². The second kappa shape index (κ2) is 5.40. The summed E-state index contributed by atoms with van der Waals surface area (Å²) in [6.45, 7) is 1.68. The lowest BCUT2D eigenvalue weighted by Gasteiger charge is -2.10. The molecule has 0 N–H and O–H groups in total. The number of esters is 1. The van der Waals surface area contributed by atoms with E-state index in [0.29, 0.717) is 0 Å². The molecule has 0 aliphatic carbocycles. The van der Waals surface area contributed by atoms with Gasteiger partial charge in [-0.3, -0.25) is 4.79 Å². The van der Waals surface area contributed by atoms with Crippen molar-refractivity contribution in [3.8, 4) is 0 Å². The van der Waals surface area contributed by atoms with Crippen LogP contribution in [0.1, 0.15) is 12.5 Å². The summed E-state index contributed by atoms with van der Waals surface area (Å²) in [6.07, 6.45) is -0.194. The zero-order chi connectivity index (χ0) is 10.4. The SMILES string of the molecule is COC(C)OC(=O)Cc1ccccc1. The minimum atomic E-state index is -0.480. The van der Waals surface area contributed by atoms with Gasteiger partial charge in [-0.1, -0.05) is 30.3 Å². The first-order valence-corrected chi connectivity index (χ1v) is 4.48. The van der Waals surface area contributed by atoms with Crippen LogP contribution < -0.4 is 0 Å². The Balaban J connectivity index is 2.42.